The molecule has 0 radical (unpaired) electrons. The third-order valence-corrected chi connectivity index (χ3v) is 5.62. The van der Waals surface area contributed by atoms with Crippen LogP contribution >= 0.6 is 0 Å². The molecule has 26 heavy (non-hydrogen) atoms. The van der Waals surface area contributed by atoms with E-state index in [1.807, 2.05) is 0 Å². The zero-order valence-electron chi connectivity index (χ0n) is 15.2. The van der Waals surface area contributed by atoms with Crippen molar-refractivity contribution in [3.63, 3.8) is 0 Å². The zero-order valence-corrected chi connectivity index (χ0v) is 15.2. The first-order valence-corrected chi connectivity index (χ1v) is 9.96. The molecule has 1 aliphatic carbocycles. The average Bonchev–Trinajstić information content (AvgIpc) is 2.82. The van der Waals surface area contributed by atoms with Crippen LogP contribution in [-0.2, 0) is 24.3 Å². The van der Waals surface area contributed by atoms with Gasteiger partial charge in [0.15, 0.2) is 11.2 Å². The largest absolute Gasteiger partial charge is 0.352 e. The number of fused-ring (bicyclic) bond motifs is 3. The Balaban J connectivity index is 1.52. The Morgan fingerprint density at radius 3 is 2.69 bits per heavy atom. The second-order valence-corrected chi connectivity index (χ2v) is 7.60. The fourth-order valence-corrected chi connectivity index (χ4v) is 4.20. The predicted molar refractivity (Wildman–Crippen MR) is 99.0 cm³/mol. The lowest BCUT2D eigenvalue weighted by molar-refractivity contribution is -0.122. The molecule has 0 unspecified atom stereocenters. The minimum Gasteiger partial charge on any atom is -0.352 e. The number of imidazole rings is 1. The summed E-state index contributed by atoms with van der Waals surface area (Å²) in [5, 5.41) is 3.09. The standard InChI is InChI=1S/C19H27N5O2/c25-16(21-14-8-4-1-2-5-9-14)12-23-13-20-18-17(19(23)26)22-15-10-6-3-7-11-24(15)18/h13-14H,1-12H2,(H,21,25). The van der Waals surface area contributed by atoms with E-state index in [1.165, 1.54) is 43.0 Å². The van der Waals surface area contributed by atoms with Crippen LogP contribution in [-0.4, -0.2) is 31.1 Å². The van der Waals surface area contributed by atoms with Crippen LogP contribution < -0.4 is 10.9 Å². The zero-order chi connectivity index (χ0) is 17.9. The van der Waals surface area contributed by atoms with Crippen molar-refractivity contribution < 1.29 is 4.79 Å². The number of carbonyl (C=O) groups is 1. The SMILES string of the molecule is O=C(Cn1cnc2c(nc3n2CCCCC3)c1=O)NC1CCCCCC1. The molecule has 0 spiro atoms. The third-order valence-electron chi connectivity index (χ3n) is 5.62. The Morgan fingerprint density at radius 1 is 1.12 bits per heavy atom. The summed E-state index contributed by atoms with van der Waals surface area (Å²) in [6.45, 7) is 0.880. The van der Waals surface area contributed by atoms with Crippen molar-refractivity contribution in [1.82, 2.24) is 24.4 Å². The molecule has 7 heteroatoms. The van der Waals surface area contributed by atoms with Crippen molar-refractivity contribution in [2.45, 2.75) is 83.3 Å². The van der Waals surface area contributed by atoms with Crippen molar-refractivity contribution >= 4 is 17.1 Å². The normalized spacial score (nSPS) is 18.9. The molecular formula is C19H27N5O2. The van der Waals surface area contributed by atoms with Crippen LogP contribution in [0.25, 0.3) is 11.2 Å². The number of hydrogen-bond donors (Lipinski definition) is 1. The van der Waals surface area contributed by atoms with Gasteiger partial charge in [0.1, 0.15) is 18.7 Å². The number of hydrogen-bond acceptors (Lipinski definition) is 4. The van der Waals surface area contributed by atoms with Gasteiger partial charge in [-0.2, -0.15) is 0 Å². The van der Waals surface area contributed by atoms with Crippen molar-refractivity contribution in [3.05, 3.63) is 22.5 Å². The Bertz CT molecular complexity index is 845. The molecule has 0 saturated heterocycles. The van der Waals surface area contributed by atoms with E-state index in [9.17, 15) is 9.59 Å². The molecule has 1 fully saturated rings. The fourth-order valence-electron chi connectivity index (χ4n) is 4.20. The molecule has 2 aromatic rings. The Kier molecular flexibility index (Phi) is 5.04. The van der Waals surface area contributed by atoms with Crippen LogP contribution in [0.2, 0.25) is 0 Å². The minimum absolute atomic E-state index is 0.0144. The number of nitrogens with zero attached hydrogens (tertiary/aromatic N) is 4. The lowest BCUT2D eigenvalue weighted by atomic mass is 10.1. The van der Waals surface area contributed by atoms with Gasteiger partial charge in [-0.05, 0) is 25.7 Å². The molecule has 0 atom stereocenters. The van der Waals surface area contributed by atoms with Crippen molar-refractivity contribution in [2.75, 3.05) is 0 Å². The van der Waals surface area contributed by atoms with Gasteiger partial charge >= 0.3 is 0 Å². The molecule has 1 saturated carbocycles. The lowest BCUT2D eigenvalue weighted by Gasteiger charge is -2.16. The van der Waals surface area contributed by atoms with Crippen LogP contribution in [0, 0.1) is 0 Å². The summed E-state index contributed by atoms with van der Waals surface area (Å²) < 4.78 is 3.46. The van der Waals surface area contributed by atoms with Crippen LogP contribution in [0.3, 0.4) is 0 Å². The first-order valence-electron chi connectivity index (χ1n) is 9.96. The summed E-state index contributed by atoms with van der Waals surface area (Å²) >= 11 is 0. The molecule has 2 aromatic heterocycles. The van der Waals surface area contributed by atoms with Crippen LogP contribution in [0.1, 0.15) is 63.6 Å². The maximum atomic E-state index is 12.8. The van der Waals surface area contributed by atoms with E-state index in [-0.39, 0.29) is 24.1 Å². The number of nitrogens with one attached hydrogen (secondary N) is 1. The number of rotatable bonds is 3. The molecule has 3 heterocycles. The smallest absolute Gasteiger partial charge is 0.282 e. The summed E-state index contributed by atoms with van der Waals surface area (Å²) in [4.78, 5) is 34.2. The summed E-state index contributed by atoms with van der Waals surface area (Å²) in [5.41, 5.74) is 0.839. The highest BCUT2D eigenvalue weighted by Gasteiger charge is 2.19. The fraction of sp³-hybridized carbons (Fsp3) is 0.684. The van der Waals surface area contributed by atoms with Gasteiger partial charge in [-0.15, -0.1) is 0 Å². The van der Waals surface area contributed by atoms with E-state index in [0.717, 1.165) is 44.5 Å². The van der Waals surface area contributed by atoms with Gasteiger partial charge in [0.05, 0.1) is 0 Å². The average molecular weight is 357 g/mol. The molecule has 1 N–H and O–H groups in total. The molecule has 0 aromatic carbocycles. The molecular weight excluding hydrogens is 330 g/mol. The Labute approximate surface area is 152 Å². The summed E-state index contributed by atoms with van der Waals surface area (Å²) in [5.74, 6) is 0.837. The van der Waals surface area contributed by atoms with Crippen LogP contribution in [0.4, 0.5) is 0 Å². The molecule has 7 nitrogen and oxygen atoms in total. The lowest BCUT2D eigenvalue weighted by Crippen LogP contribution is -2.38. The van der Waals surface area contributed by atoms with Gasteiger partial charge in [-0.3, -0.25) is 14.2 Å². The van der Waals surface area contributed by atoms with E-state index in [0.29, 0.717) is 11.2 Å². The van der Waals surface area contributed by atoms with E-state index >= 15 is 0 Å². The van der Waals surface area contributed by atoms with Gasteiger partial charge < -0.3 is 9.88 Å². The highest BCUT2D eigenvalue weighted by molar-refractivity contribution is 5.77. The first kappa shape index (κ1) is 17.2. The van der Waals surface area contributed by atoms with Gasteiger partial charge in [0.2, 0.25) is 5.91 Å². The van der Waals surface area contributed by atoms with Gasteiger partial charge in [0.25, 0.3) is 5.56 Å². The Hall–Kier alpha value is -2.18. The van der Waals surface area contributed by atoms with Crippen LogP contribution in [0.15, 0.2) is 11.1 Å². The van der Waals surface area contributed by atoms with Gasteiger partial charge in [0, 0.05) is 19.0 Å². The molecule has 4 rings (SSSR count). The van der Waals surface area contributed by atoms with Gasteiger partial charge in [-0.1, -0.05) is 32.1 Å². The second-order valence-electron chi connectivity index (χ2n) is 7.60. The maximum Gasteiger partial charge on any atom is 0.282 e. The first-order chi connectivity index (χ1) is 12.7. The minimum atomic E-state index is -0.216. The third kappa shape index (κ3) is 3.52. The Morgan fingerprint density at radius 2 is 1.88 bits per heavy atom. The topological polar surface area (TPSA) is 81.8 Å². The second kappa shape index (κ2) is 7.60. The number of aryl methyl sites for hydroxylation is 2. The summed E-state index contributed by atoms with van der Waals surface area (Å²) in [6.07, 6.45) is 12.6. The molecule has 1 amide bonds. The van der Waals surface area contributed by atoms with E-state index < -0.39 is 0 Å². The van der Waals surface area contributed by atoms with Crippen molar-refractivity contribution in [2.24, 2.45) is 0 Å². The maximum absolute atomic E-state index is 12.8. The van der Waals surface area contributed by atoms with E-state index in [1.54, 1.807) is 0 Å². The quantitative estimate of drug-likeness (QED) is 0.854. The monoisotopic (exact) mass is 357 g/mol. The van der Waals surface area contributed by atoms with E-state index in [2.05, 4.69) is 19.9 Å². The number of amides is 1. The predicted octanol–water partition coefficient (Wildman–Crippen LogP) is 2.16. The molecule has 1 aliphatic heterocycles. The molecule has 140 valence electrons. The van der Waals surface area contributed by atoms with Crippen LogP contribution in [0.5, 0.6) is 0 Å². The van der Waals surface area contributed by atoms with Crippen molar-refractivity contribution in [3.8, 4) is 0 Å². The highest BCUT2D eigenvalue weighted by atomic mass is 16.2. The number of carbonyl (C=O) groups excluding carboxylic acids is 1. The highest BCUT2D eigenvalue weighted by Crippen LogP contribution is 2.19. The molecule has 2 aliphatic rings. The summed E-state index contributed by atoms with van der Waals surface area (Å²) in [6, 6.07) is 0.237. The van der Waals surface area contributed by atoms with Crippen molar-refractivity contribution in [1.29, 1.82) is 0 Å². The van der Waals surface area contributed by atoms with E-state index in [4.69, 9.17) is 0 Å². The summed E-state index contributed by atoms with van der Waals surface area (Å²) in [7, 11) is 0. The number of aromatic nitrogens is 4. The molecule has 0 bridgehead atoms. The van der Waals surface area contributed by atoms with Gasteiger partial charge in [-0.25, -0.2) is 9.97 Å².